The second-order valence-corrected chi connectivity index (χ2v) is 8.58. The molecule has 0 radical (unpaired) electrons. The van der Waals surface area contributed by atoms with E-state index in [1.54, 1.807) is 23.0 Å². The van der Waals surface area contributed by atoms with Gasteiger partial charge in [-0.1, -0.05) is 53.6 Å². The molecule has 2 aromatic carbocycles. The molecule has 6 nitrogen and oxygen atoms in total. The maximum absolute atomic E-state index is 13.0. The number of amides is 2. The van der Waals surface area contributed by atoms with Crippen molar-refractivity contribution in [1.29, 1.82) is 0 Å². The quantitative estimate of drug-likeness (QED) is 0.638. The molecule has 0 saturated carbocycles. The Morgan fingerprint density at radius 2 is 1.72 bits per heavy atom. The summed E-state index contributed by atoms with van der Waals surface area (Å²) in [6.07, 6.45) is 5.11. The lowest BCUT2D eigenvalue weighted by Gasteiger charge is -2.23. The fraction of sp³-hybridized carbons (Fsp3) is 0.308. The van der Waals surface area contributed by atoms with E-state index in [9.17, 15) is 9.59 Å². The monoisotopic (exact) mass is 428 g/mol. The summed E-state index contributed by atoms with van der Waals surface area (Å²) >= 11 is 0. The van der Waals surface area contributed by atoms with Crippen LogP contribution in [0.15, 0.2) is 61.1 Å². The lowest BCUT2D eigenvalue weighted by Crippen LogP contribution is -2.37. The van der Waals surface area contributed by atoms with E-state index in [4.69, 9.17) is 0 Å². The van der Waals surface area contributed by atoms with Gasteiger partial charge in [0.1, 0.15) is 5.69 Å². The third-order valence-electron chi connectivity index (χ3n) is 5.93. The van der Waals surface area contributed by atoms with Gasteiger partial charge >= 0.3 is 0 Å². The van der Waals surface area contributed by atoms with E-state index in [1.165, 1.54) is 29.1 Å². The van der Waals surface area contributed by atoms with Crippen LogP contribution in [-0.2, 0) is 11.2 Å². The second kappa shape index (κ2) is 9.30. The van der Waals surface area contributed by atoms with Gasteiger partial charge in [0.2, 0.25) is 5.91 Å². The Balaban J connectivity index is 1.52. The minimum absolute atomic E-state index is 0.0674. The largest absolute Gasteiger partial charge is 0.344 e. The number of benzene rings is 2. The second-order valence-electron chi connectivity index (χ2n) is 8.58. The van der Waals surface area contributed by atoms with Crippen molar-refractivity contribution in [3.8, 4) is 11.1 Å². The molecule has 2 amide bonds. The molecule has 1 aliphatic rings. The molecule has 0 aliphatic carbocycles. The highest BCUT2D eigenvalue weighted by Crippen LogP contribution is 2.24. The van der Waals surface area contributed by atoms with Gasteiger partial charge in [0.15, 0.2) is 0 Å². The van der Waals surface area contributed by atoms with E-state index in [0.29, 0.717) is 31.7 Å². The zero-order valence-corrected chi connectivity index (χ0v) is 18.8. The van der Waals surface area contributed by atoms with Crippen molar-refractivity contribution in [3.63, 3.8) is 0 Å². The molecular weight excluding hydrogens is 400 g/mol. The summed E-state index contributed by atoms with van der Waals surface area (Å²) in [4.78, 5) is 37.5. The van der Waals surface area contributed by atoms with E-state index in [0.717, 1.165) is 11.1 Å². The first-order chi connectivity index (χ1) is 15.4. The highest BCUT2D eigenvalue weighted by molar-refractivity contribution is 5.92. The molecule has 2 heterocycles. The van der Waals surface area contributed by atoms with Gasteiger partial charge in [-0.25, -0.2) is 4.98 Å². The van der Waals surface area contributed by atoms with Crippen LogP contribution in [0.25, 0.3) is 11.1 Å². The number of aryl methyl sites for hydroxylation is 2. The van der Waals surface area contributed by atoms with Crippen molar-refractivity contribution < 1.29 is 9.59 Å². The maximum Gasteiger partial charge on any atom is 0.274 e. The van der Waals surface area contributed by atoms with Crippen molar-refractivity contribution in [2.24, 2.45) is 5.92 Å². The number of rotatable bonds is 4. The predicted octanol–water partition coefficient (Wildman–Crippen LogP) is 3.53. The van der Waals surface area contributed by atoms with Crippen LogP contribution in [0.1, 0.15) is 27.2 Å². The van der Waals surface area contributed by atoms with E-state index >= 15 is 0 Å². The first kappa shape index (κ1) is 21.7. The fourth-order valence-corrected chi connectivity index (χ4v) is 4.29. The van der Waals surface area contributed by atoms with Crippen LogP contribution < -0.4 is 0 Å². The molecular formula is C26H28N4O2. The van der Waals surface area contributed by atoms with Gasteiger partial charge in [0.05, 0.1) is 12.1 Å². The van der Waals surface area contributed by atoms with Gasteiger partial charge in [0.25, 0.3) is 5.91 Å². The molecule has 6 heteroatoms. The Morgan fingerprint density at radius 3 is 2.38 bits per heavy atom. The molecule has 3 aromatic rings. The SMILES string of the molecule is Cc1cc(C)cc(-c2ccc(C[C@H]3CN(C(=O)c4cnccn4)CCN(C)C3=O)cc2)c1. The molecule has 1 fully saturated rings. The predicted molar refractivity (Wildman–Crippen MR) is 124 cm³/mol. The zero-order chi connectivity index (χ0) is 22.7. The Kier molecular flexibility index (Phi) is 6.30. The minimum atomic E-state index is -0.296. The van der Waals surface area contributed by atoms with Crippen molar-refractivity contribution in [2.45, 2.75) is 20.3 Å². The van der Waals surface area contributed by atoms with E-state index in [1.807, 2.05) is 0 Å². The van der Waals surface area contributed by atoms with Gasteiger partial charge in [-0.05, 0) is 37.0 Å². The maximum atomic E-state index is 13.0. The number of likely N-dealkylation sites (N-methyl/N-ethyl adjacent to an activating group) is 1. The molecule has 0 bridgehead atoms. The van der Waals surface area contributed by atoms with Crippen molar-refractivity contribution in [1.82, 2.24) is 19.8 Å². The van der Waals surface area contributed by atoms with Crippen molar-refractivity contribution >= 4 is 11.8 Å². The Hall–Kier alpha value is -3.54. The fourth-order valence-electron chi connectivity index (χ4n) is 4.29. The summed E-state index contributed by atoms with van der Waals surface area (Å²) in [5.74, 6) is -0.413. The van der Waals surface area contributed by atoms with Crippen molar-refractivity contribution in [3.05, 3.63) is 83.4 Å². The topological polar surface area (TPSA) is 66.4 Å². The average Bonchev–Trinajstić information content (AvgIpc) is 2.93. The first-order valence-corrected chi connectivity index (χ1v) is 10.9. The van der Waals surface area contributed by atoms with Gasteiger partial charge in [-0.15, -0.1) is 0 Å². The Bertz CT molecular complexity index is 1090. The van der Waals surface area contributed by atoms with Crippen LogP contribution in [0.4, 0.5) is 0 Å². The van der Waals surface area contributed by atoms with Gasteiger partial charge < -0.3 is 9.80 Å². The summed E-state index contributed by atoms with van der Waals surface area (Å²) in [7, 11) is 1.80. The molecule has 164 valence electrons. The molecule has 32 heavy (non-hydrogen) atoms. The summed E-state index contributed by atoms with van der Waals surface area (Å²) in [5, 5.41) is 0. The van der Waals surface area contributed by atoms with E-state index in [2.05, 4.69) is 66.3 Å². The molecule has 4 rings (SSSR count). The summed E-state index contributed by atoms with van der Waals surface area (Å²) in [6.45, 7) is 5.57. The molecule has 0 spiro atoms. The van der Waals surface area contributed by atoms with E-state index < -0.39 is 0 Å². The normalized spacial score (nSPS) is 16.7. The van der Waals surface area contributed by atoms with Crippen LogP contribution in [0.2, 0.25) is 0 Å². The van der Waals surface area contributed by atoms with Gasteiger partial charge in [0, 0.05) is 39.1 Å². The number of aromatic nitrogens is 2. The Morgan fingerprint density at radius 1 is 1.00 bits per heavy atom. The van der Waals surface area contributed by atoms with Crippen LogP contribution in [0, 0.1) is 19.8 Å². The number of hydrogen-bond acceptors (Lipinski definition) is 4. The van der Waals surface area contributed by atoms with Crippen LogP contribution in [-0.4, -0.2) is 58.3 Å². The lowest BCUT2D eigenvalue weighted by molar-refractivity contribution is -0.133. The average molecular weight is 429 g/mol. The zero-order valence-electron chi connectivity index (χ0n) is 18.8. The van der Waals surface area contributed by atoms with Crippen LogP contribution >= 0.6 is 0 Å². The molecule has 0 N–H and O–H groups in total. The summed E-state index contributed by atoms with van der Waals surface area (Å²) < 4.78 is 0. The highest BCUT2D eigenvalue weighted by atomic mass is 16.2. The molecule has 1 aliphatic heterocycles. The number of nitrogens with zero attached hydrogens (tertiary/aromatic N) is 4. The van der Waals surface area contributed by atoms with Gasteiger partial charge in [-0.2, -0.15) is 0 Å². The highest BCUT2D eigenvalue weighted by Gasteiger charge is 2.31. The standard InChI is InChI=1S/C26H28N4O2/c1-18-12-19(2)14-22(13-18)21-6-4-20(5-7-21)15-23-17-30(11-10-29(3)25(23)31)26(32)24-16-27-8-9-28-24/h4-9,12-14,16,23H,10-11,15,17H2,1-3H3/t23-/m0/s1. The van der Waals surface area contributed by atoms with Crippen LogP contribution in [0.3, 0.4) is 0 Å². The number of carbonyl (C=O) groups excluding carboxylic acids is 2. The summed E-state index contributed by atoms with van der Waals surface area (Å²) in [6, 6.07) is 14.9. The molecule has 1 saturated heterocycles. The summed E-state index contributed by atoms with van der Waals surface area (Å²) in [5.41, 5.74) is 6.22. The molecule has 0 unspecified atom stereocenters. The smallest absolute Gasteiger partial charge is 0.274 e. The number of hydrogen-bond donors (Lipinski definition) is 0. The van der Waals surface area contributed by atoms with Crippen molar-refractivity contribution in [2.75, 3.05) is 26.7 Å². The Labute approximate surface area is 188 Å². The lowest BCUT2D eigenvalue weighted by atomic mass is 9.95. The van der Waals surface area contributed by atoms with Crippen LogP contribution in [0.5, 0.6) is 0 Å². The third-order valence-corrected chi connectivity index (χ3v) is 5.93. The number of carbonyl (C=O) groups is 2. The molecule has 1 aromatic heterocycles. The first-order valence-electron chi connectivity index (χ1n) is 10.9. The van der Waals surface area contributed by atoms with E-state index in [-0.39, 0.29) is 17.7 Å². The third kappa shape index (κ3) is 4.85. The minimum Gasteiger partial charge on any atom is -0.344 e. The molecule has 1 atom stereocenters. The van der Waals surface area contributed by atoms with Gasteiger partial charge in [-0.3, -0.25) is 14.6 Å².